The van der Waals surface area contributed by atoms with Gasteiger partial charge in [-0.3, -0.25) is 4.79 Å². The summed E-state index contributed by atoms with van der Waals surface area (Å²) in [4.78, 5) is 15.0. The molecule has 1 saturated heterocycles. The van der Waals surface area contributed by atoms with Crippen LogP contribution in [-0.4, -0.2) is 42.5 Å². The standard InChI is InChI=1S/C19H25NO3/c1-20-9-8-19(13-6-7-15(21)17(11-13)23-2)12-4-3-5-14(18(19)20)16(22)10-12/h6-7,11-12,14,18,21H,3-5,8-10H2,1-2H3/t12-,14+,18+,19-/m0/s1. The summed E-state index contributed by atoms with van der Waals surface area (Å²) < 4.78 is 5.35. The molecule has 4 fully saturated rings. The predicted octanol–water partition coefficient (Wildman–Crippen LogP) is 2.73. The summed E-state index contributed by atoms with van der Waals surface area (Å²) in [6.07, 6.45) is 5.13. The van der Waals surface area contributed by atoms with E-state index < -0.39 is 0 Å². The number of hydrogen-bond acceptors (Lipinski definition) is 4. The van der Waals surface area contributed by atoms with Crippen molar-refractivity contribution < 1.29 is 14.6 Å². The second kappa shape index (κ2) is 5.23. The van der Waals surface area contributed by atoms with Crippen molar-refractivity contribution in [3.05, 3.63) is 23.8 Å². The van der Waals surface area contributed by atoms with Crippen LogP contribution in [0.4, 0.5) is 0 Å². The molecule has 124 valence electrons. The Balaban J connectivity index is 1.88. The van der Waals surface area contributed by atoms with E-state index in [1.165, 1.54) is 5.56 Å². The number of carbonyl (C=O) groups excluding carboxylic acids is 1. The fourth-order valence-electron chi connectivity index (χ4n) is 5.69. The van der Waals surface area contributed by atoms with Crippen LogP contribution in [-0.2, 0) is 10.2 Å². The number of likely N-dealkylation sites (N-methyl/N-ethyl adjacent to an activating group) is 1. The monoisotopic (exact) mass is 315 g/mol. The van der Waals surface area contributed by atoms with Crippen LogP contribution in [0.5, 0.6) is 11.5 Å². The lowest BCUT2D eigenvalue weighted by Gasteiger charge is -2.48. The number of nitrogens with zero attached hydrogens (tertiary/aromatic N) is 1. The number of phenols is 1. The Morgan fingerprint density at radius 3 is 2.96 bits per heavy atom. The van der Waals surface area contributed by atoms with Crippen molar-refractivity contribution in [2.75, 3.05) is 20.7 Å². The Morgan fingerprint density at radius 2 is 2.17 bits per heavy atom. The van der Waals surface area contributed by atoms with Crippen LogP contribution in [0.15, 0.2) is 18.2 Å². The summed E-state index contributed by atoms with van der Waals surface area (Å²) in [6, 6.07) is 6.10. The van der Waals surface area contributed by atoms with Gasteiger partial charge < -0.3 is 14.7 Å². The third kappa shape index (κ3) is 1.97. The van der Waals surface area contributed by atoms with E-state index in [9.17, 15) is 9.90 Å². The fourth-order valence-corrected chi connectivity index (χ4v) is 5.69. The number of aromatic hydroxyl groups is 1. The minimum absolute atomic E-state index is 0.0325. The molecule has 1 aromatic carbocycles. The number of rotatable bonds is 2. The predicted molar refractivity (Wildman–Crippen MR) is 87.8 cm³/mol. The van der Waals surface area contributed by atoms with E-state index in [2.05, 4.69) is 18.0 Å². The topological polar surface area (TPSA) is 49.8 Å². The van der Waals surface area contributed by atoms with Crippen LogP contribution in [0.25, 0.3) is 0 Å². The molecule has 4 atom stereocenters. The second-order valence-electron chi connectivity index (χ2n) is 7.51. The number of ether oxygens (including phenoxy) is 1. The SMILES string of the molecule is COc1cc([C@@]23CCN(C)[C@@H]2[C@@H]2CCC[C@H]3CC2=O)ccc1O. The Morgan fingerprint density at radius 1 is 1.35 bits per heavy atom. The maximum absolute atomic E-state index is 12.6. The van der Waals surface area contributed by atoms with Crippen molar-refractivity contribution in [2.24, 2.45) is 11.8 Å². The van der Waals surface area contributed by atoms with E-state index >= 15 is 0 Å². The lowest BCUT2D eigenvalue weighted by atomic mass is 9.57. The quantitative estimate of drug-likeness (QED) is 0.912. The molecule has 23 heavy (non-hydrogen) atoms. The van der Waals surface area contributed by atoms with Crippen molar-refractivity contribution in [2.45, 2.75) is 43.6 Å². The van der Waals surface area contributed by atoms with Crippen molar-refractivity contribution in [3.8, 4) is 11.5 Å². The van der Waals surface area contributed by atoms with Crippen LogP contribution in [0.2, 0.25) is 0 Å². The first-order valence-electron chi connectivity index (χ1n) is 8.68. The van der Waals surface area contributed by atoms with Crippen LogP contribution < -0.4 is 4.74 Å². The third-order valence-corrected chi connectivity index (χ3v) is 6.64. The van der Waals surface area contributed by atoms with Gasteiger partial charge in [-0.05, 0) is 56.5 Å². The summed E-state index contributed by atoms with van der Waals surface area (Å²) in [5, 5.41) is 9.96. The highest BCUT2D eigenvalue weighted by Gasteiger charge is 2.60. The first-order valence-corrected chi connectivity index (χ1v) is 8.68. The van der Waals surface area contributed by atoms with E-state index in [1.54, 1.807) is 13.2 Å². The van der Waals surface area contributed by atoms with E-state index in [0.717, 1.165) is 38.6 Å². The zero-order chi connectivity index (χ0) is 16.2. The van der Waals surface area contributed by atoms with Gasteiger partial charge in [-0.1, -0.05) is 12.5 Å². The number of carbonyl (C=O) groups is 1. The van der Waals surface area contributed by atoms with Crippen LogP contribution >= 0.6 is 0 Å². The van der Waals surface area contributed by atoms with Gasteiger partial charge in [-0.25, -0.2) is 0 Å². The highest BCUT2D eigenvalue weighted by atomic mass is 16.5. The first kappa shape index (κ1) is 15.0. The number of phenolic OH excluding ortho intramolecular Hbond substituents is 1. The fraction of sp³-hybridized carbons (Fsp3) is 0.632. The number of hydrogen-bond donors (Lipinski definition) is 1. The maximum Gasteiger partial charge on any atom is 0.160 e. The molecule has 4 aliphatic rings. The molecule has 1 N–H and O–H groups in total. The average Bonchev–Trinajstić information content (AvgIpc) is 2.70. The van der Waals surface area contributed by atoms with E-state index in [1.807, 2.05) is 6.07 Å². The molecule has 3 saturated carbocycles. The molecule has 4 heteroatoms. The number of ketones is 1. The molecule has 1 aromatic rings. The molecule has 2 bridgehead atoms. The number of fused-ring (bicyclic) bond motifs is 3. The average molecular weight is 315 g/mol. The van der Waals surface area contributed by atoms with Crippen LogP contribution in [0.1, 0.15) is 37.7 Å². The van der Waals surface area contributed by atoms with E-state index in [0.29, 0.717) is 23.5 Å². The molecule has 0 amide bonds. The molecule has 0 spiro atoms. The van der Waals surface area contributed by atoms with Gasteiger partial charge in [0.2, 0.25) is 0 Å². The van der Waals surface area contributed by atoms with E-state index in [-0.39, 0.29) is 17.1 Å². The largest absolute Gasteiger partial charge is 0.504 e. The smallest absolute Gasteiger partial charge is 0.160 e. The molecule has 0 unspecified atom stereocenters. The molecule has 0 radical (unpaired) electrons. The van der Waals surface area contributed by atoms with E-state index in [4.69, 9.17) is 4.74 Å². The summed E-state index contributed by atoms with van der Waals surface area (Å²) in [5.41, 5.74) is 1.27. The molecule has 1 aliphatic heterocycles. The molecule has 3 aliphatic carbocycles. The molecular weight excluding hydrogens is 290 g/mol. The van der Waals surface area contributed by atoms with Gasteiger partial charge in [-0.15, -0.1) is 0 Å². The van der Waals surface area contributed by atoms with Crippen LogP contribution in [0, 0.1) is 11.8 Å². The van der Waals surface area contributed by atoms with Gasteiger partial charge in [-0.2, -0.15) is 0 Å². The Labute approximate surface area is 137 Å². The molecule has 1 heterocycles. The lowest BCUT2D eigenvalue weighted by Crippen LogP contribution is -2.55. The highest BCUT2D eigenvalue weighted by Crippen LogP contribution is 2.57. The molecule has 5 rings (SSSR count). The zero-order valence-corrected chi connectivity index (χ0v) is 13.9. The van der Waals surface area contributed by atoms with Crippen LogP contribution in [0.3, 0.4) is 0 Å². The Hall–Kier alpha value is -1.55. The summed E-state index contributed by atoms with van der Waals surface area (Å²) >= 11 is 0. The minimum Gasteiger partial charge on any atom is -0.504 e. The number of benzene rings is 1. The molecule has 0 aromatic heterocycles. The summed E-state index contributed by atoms with van der Waals surface area (Å²) in [6.45, 7) is 1.04. The summed E-state index contributed by atoms with van der Waals surface area (Å²) in [5.74, 6) is 1.77. The highest BCUT2D eigenvalue weighted by molar-refractivity contribution is 5.84. The Kier molecular flexibility index (Phi) is 3.41. The number of likely N-dealkylation sites (tertiary alicyclic amines) is 1. The van der Waals surface area contributed by atoms with Gasteiger partial charge in [0, 0.05) is 23.8 Å². The third-order valence-electron chi connectivity index (χ3n) is 6.64. The lowest BCUT2D eigenvalue weighted by molar-refractivity contribution is -0.130. The zero-order valence-electron chi connectivity index (χ0n) is 13.9. The van der Waals surface area contributed by atoms with Crippen molar-refractivity contribution >= 4 is 5.78 Å². The van der Waals surface area contributed by atoms with Gasteiger partial charge in [0.1, 0.15) is 5.78 Å². The van der Waals surface area contributed by atoms with Crippen molar-refractivity contribution in [1.82, 2.24) is 4.90 Å². The molecular formula is C19H25NO3. The normalized spacial score (nSPS) is 36.8. The number of Topliss-reactive ketones (excluding diaryl/α,β-unsaturated/α-hetero) is 1. The summed E-state index contributed by atoms with van der Waals surface area (Å²) in [7, 11) is 3.76. The van der Waals surface area contributed by atoms with Gasteiger partial charge >= 0.3 is 0 Å². The van der Waals surface area contributed by atoms with Crippen molar-refractivity contribution in [1.29, 1.82) is 0 Å². The minimum atomic E-state index is 0.0325. The van der Waals surface area contributed by atoms with Gasteiger partial charge in [0.05, 0.1) is 7.11 Å². The maximum atomic E-state index is 12.6. The second-order valence-corrected chi connectivity index (χ2v) is 7.51. The Bertz CT molecular complexity index is 644. The molecule has 4 nitrogen and oxygen atoms in total. The number of methoxy groups -OCH3 is 1. The van der Waals surface area contributed by atoms with Crippen molar-refractivity contribution in [3.63, 3.8) is 0 Å². The van der Waals surface area contributed by atoms with Gasteiger partial charge in [0.15, 0.2) is 11.5 Å². The first-order chi connectivity index (χ1) is 11.1. The van der Waals surface area contributed by atoms with Gasteiger partial charge in [0.25, 0.3) is 0 Å².